The van der Waals surface area contributed by atoms with Crippen molar-refractivity contribution in [3.05, 3.63) is 49.9 Å². The van der Waals surface area contributed by atoms with E-state index in [-0.39, 0.29) is 5.78 Å². The maximum atomic E-state index is 12.1. The Bertz CT molecular complexity index is 567. The van der Waals surface area contributed by atoms with Crippen LogP contribution >= 0.6 is 31.9 Å². The lowest BCUT2D eigenvalue weighted by atomic mass is 9.98. The second-order valence-corrected chi connectivity index (χ2v) is 5.94. The summed E-state index contributed by atoms with van der Waals surface area (Å²) in [6.07, 6.45) is 3.85. The molecule has 0 fully saturated rings. The minimum absolute atomic E-state index is 0.203. The molecule has 0 unspecified atom stereocenters. The maximum Gasteiger partial charge on any atom is 0.190 e. The predicted molar refractivity (Wildman–Crippen MR) is 71.6 cm³/mol. The number of rotatable bonds is 0. The van der Waals surface area contributed by atoms with Crippen LogP contribution in [-0.4, -0.2) is 5.78 Å². The van der Waals surface area contributed by atoms with Gasteiger partial charge in [0.1, 0.15) is 0 Å². The van der Waals surface area contributed by atoms with Gasteiger partial charge in [0.15, 0.2) is 5.78 Å². The Balaban J connectivity index is 2.26. The van der Waals surface area contributed by atoms with Crippen LogP contribution in [0.15, 0.2) is 38.8 Å². The Labute approximate surface area is 110 Å². The van der Waals surface area contributed by atoms with Crippen molar-refractivity contribution in [2.24, 2.45) is 0 Å². The second-order valence-electron chi connectivity index (χ2n) is 4.00. The summed E-state index contributed by atoms with van der Waals surface area (Å²) in [6, 6.07) is 5.85. The number of hydrogen-bond acceptors (Lipinski definition) is 1. The fourth-order valence-electron chi connectivity index (χ4n) is 2.27. The molecule has 1 aromatic carbocycles. The molecule has 16 heavy (non-hydrogen) atoms. The molecule has 0 bridgehead atoms. The molecule has 1 nitrogen and oxygen atoms in total. The van der Waals surface area contributed by atoms with Crippen LogP contribution in [-0.2, 0) is 0 Å². The van der Waals surface area contributed by atoms with Gasteiger partial charge in [0.2, 0.25) is 0 Å². The SMILES string of the molecule is O=C1C2=C(C=C(Br)CC2)c2cc(Br)ccc21. The Hall–Kier alpha value is -0.670. The maximum absolute atomic E-state index is 12.1. The smallest absolute Gasteiger partial charge is 0.190 e. The van der Waals surface area contributed by atoms with E-state index >= 15 is 0 Å². The monoisotopic (exact) mass is 338 g/mol. The molecule has 3 heteroatoms. The van der Waals surface area contributed by atoms with Crippen molar-refractivity contribution in [3.63, 3.8) is 0 Å². The molecule has 3 rings (SSSR count). The number of benzene rings is 1. The lowest BCUT2D eigenvalue weighted by molar-refractivity contribution is 0.103. The molecule has 0 N–H and O–H groups in total. The van der Waals surface area contributed by atoms with Crippen molar-refractivity contribution in [1.82, 2.24) is 0 Å². The summed E-state index contributed by atoms with van der Waals surface area (Å²) in [6.45, 7) is 0. The number of carbonyl (C=O) groups is 1. The van der Waals surface area contributed by atoms with Gasteiger partial charge in [-0.15, -0.1) is 0 Å². The highest BCUT2D eigenvalue weighted by molar-refractivity contribution is 9.11. The van der Waals surface area contributed by atoms with Gasteiger partial charge in [0, 0.05) is 15.6 Å². The molecule has 0 aromatic heterocycles. The molecule has 0 amide bonds. The van der Waals surface area contributed by atoms with Crippen LogP contribution in [0.3, 0.4) is 0 Å². The summed E-state index contributed by atoms with van der Waals surface area (Å²) in [7, 11) is 0. The number of halogens is 2. The van der Waals surface area contributed by atoms with Crippen LogP contribution in [0.25, 0.3) is 5.57 Å². The minimum Gasteiger partial charge on any atom is -0.289 e. The van der Waals surface area contributed by atoms with E-state index in [1.165, 1.54) is 4.48 Å². The van der Waals surface area contributed by atoms with Crippen LogP contribution < -0.4 is 0 Å². The van der Waals surface area contributed by atoms with Crippen molar-refractivity contribution in [3.8, 4) is 0 Å². The summed E-state index contributed by atoms with van der Waals surface area (Å²) >= 11 is 6.97. The number of fused-ring (bicyclic) bond motifs is 2. The first-order chi connectivity index (χ1) is 7.66. The molecule has 80 valence electrons. The third-order valence-corrected chi connectivity index (χ3v) is 4.15. The quantitative estimate of drug-likeness (QED) is 0.681. The van der Waals surface area contributed by atoms with Gasteiger partial charge in [-0.3, -0.25) is 4.79 Å². The van der Waals surface area contributed by atoms with Gasteiger partial charge >= 0.3 is 0 Å². The highest BCUT2D eigenvalue weighted by Crippen LogP contribution is 2.42. The minimum atomic E-state index is 0.203. The number of ketones is 1. The van der Waals surface area contributed by atoms with E-state index in [4.69, 9.17) is 0 Å². The molecule has 0 spiro atoms. The van der Waals surface area contributed by atoms with Gasteiger partial charge < -0.3 is 0 Å². The van der Waals surface area contributed by atoms with Gasteiger partial charge in [0.05, 0.1) is 0 Å². The lowest BCUT2D eigenvalue weighted by Gasteiger charge is -2.10. The number of Topliss-reactive ketones (excluding diaryl/α,β-unsaturated/α-hetero) is 1. The van der Waals surface area contributed by atoms with Crippen LogP contribution in [0.5, 0.6) is 0 Å². The van der Waals surface area contributed by atoms with E-state index in [1.807, 2.05) is 18.2 Å². The van der Waals surface area contributed by atoms with Crippen molar-refractivity contribution >= 4 is 43.2 Å². The molecule has 0 heterocycles. The zero-order valence-corrected chi connectivity index (χ0v) is 11.6. The Kier molecular flexibility index (Phi) is 2.41. The molecular formula is C13H8Br2O. The lowest BCUT2D eigenvalue weighted by Crippen LogP contribution is -2.00. The van der Waals surface area contributed by atoms with E-state index in [1.54, 1.807) is 0 Å². The standard InChI is InChI=1S/C13H8Br2O/c14-7-1-3-9-11(5-7)12-6-8(15)2-4-10(12)13(9)16/h1,3,5-6H,2,4H2. The molecule has 0 aliphatic heterocycles. The highest BCUT2D eigenvalue weighted by Gasteiger charge is 2.30. The average molecular weight is 340 g/mol. The van der Waals surface area contributed by atoms with Gasteiger partial charge in [-0.25, -0.2) is 0 Å². The summed E-state index contributed by atoms with van der Waals surface area (Å²) in [5, 5.41) is 0. The van der Waals surface area contributed by atoms with Crippen molar-refractivity contribution in [2.75, 3.05) is 0 Å². The molecule has 0 radical (unpaired) electrons. The Morgan fingerprint density at radius 3 is 2.69 bits per heavy atom. The highest BCUT2D eigenvalue weighted by atomic mass is 79.9. The molecule has 0 saturated heterocycles. The van der Waals surface area contributed by atoms with Gasteiger partial charge in [0.25, 0.3) is 0 Å². The molecule has 1 aromatic rings. The van der Waals surface area contributed by atoms with E-state index in [0.717, 1.165) is 39.6 Å². The van der Waals surface area contributed by atoms with Crippen molar-refractivity contribution in [1.29, 1.82) is 0 Å². The summed E-state index contributed by atoms with van der Waals surface area (Å²) in [4.78, 5) is 12.1. The summed E-state index contributed by atoms with van der Waals surface area (Å²) in [5.41, 5.74) is 3.97. The van der Waals surface area contributed by atoms with E-state index in [0.29, 0.717) is 0 Å². The zero-order chi connectivity index (χ0) is 11.3. The first-order valence-corrected chi connectivity index (χ1v) is 6.69. The van der Waals surface area contributed by atoms with Gasteiger partial charge in [-0.2, -0.15) is 0 Å². The number of carbonyl (C=O) groups excluding carboxylic acids is 1. The normalized spacial score (nSPS) is 18.4. The van der Waals surface area contributed by atoms with Crippen LogP contribution in [0.4, 0.5) is 0 Å². The Morgan fingerprint density at radius 1 is 1.06 bits per heavy atom. The molecule has 2 aliphatic carbocycles. The van der Waals surface area contributed by atoms with E-state index in [9.17, 15) is 4.79 Å². The largest absolute Gasteiger partial charge is 0.289 e. The summed E-state index contributed by atoms with van der Waals surface area (Å²) < 4.78 is 2.19. The van der Waals surface area contributed by atoms with E-state index < -0.39 is 0 Å². The molecular weight excluding hydrogens is 332 g/mol. The average Bonchev–Trinajstić information content (AvgIpc) is 2.52. The molecule has 0 saturated carbocycles. The van der Waals surface area contributed by atoms with Crippen LogP contribution in [0.2, 0.25) is 0 Å². The third kappa shape index (κ3) is 1.45. The number of allylic oxidation sites excluding steroid dienone is 4. The molecule has 0 atom stereocenters. The number of hydrogen-bond donors (Lipinski definition) is 0. The van der Waals surface area contributed by atoms with E-state index in [2.05, 4.69) is 37.9 Å². The predicted octanol–water partition coefficient (Wildman–Crippen LogP) is 4.47. The first-order valence-electron chi connectivity index (χ1n) is 5.10. The molecule has 2 aliphatic rings. The zero-order valence-electron chi connectivity index (χ0n) is 8.39. The van der Waals surface area contributed by atoms with Crippen molar-refractivity contribution in [2.45, 2.75) is 12.8 Å². The second kappa shape index (κ2) is 3.67. The van der Waals surface area contributed by atoms with Crippen molar-refractivity contribution < 1.29 is 4.79 Å². The first kappa shape index (κ1) is 10.5. The fraction of sp³-hybridized carbons (Fsp3) is 0.154. The Morgan fingerprint density at radius 2 is 1.88 bits per heavy atom. The topological polar surface area (TPSA) is 17.1 Å². The van der Waals surface area contributed by atoms with Crippen LogP contribution in [0.1, 0.15) is 28.8 Å². The fourth-order valence-corrected chi connectivity index (χ4v) is 3.06. The van der Waals surface area contributed by atoms with Crippen LogP contribution in [0, 0.1) is 0 Å². The third-order valence-electron chi connectivity index (χ3n) is 3.03. The summed E-state index contributed by atoms with van der Waals surface area (Å²) in [5.74, 6) is 0.203. The van der Waals surface area contributed by atoms with Gasteiger partial charge in [-0.05, 0) is 52.7 Å². The van der Waals surface area contributed by atoms with Gasteiger partial charge in [-0.1, -0.05) is 31.9 Å².